The zero-order chi connectivity index (χ0) is 13.1. The summed E-state index contributed by atoms with van der Waals surface area (Å²) in [6.07, 6.45) is 5.44. The van der Waals surface area contributed by atoms with Crippen molar-refractivity contribution in [3.8, 4) is 0 Å². The molecule has 2 aliphatic rings. The molecular formula is C14H22O4. The van der Waals surface area contributed by atoms with Crippen LogP contribution in [0.4, 0.5) is 0 Å². The molecule has 0 aromatic rings. The van der Waals surface area contributed by atoms with Gasteiger partial charge in [0.1, 0.15) is 6.10 Å². The number of carbonyl (C=O) groups excluding carboxylic acids is 2. The molecule has 2 fully saturated rings. The van der Waals surface area contributed by atoms with E-state index < -0.39 is 5.97 Å². The van der Waals surface area contributed by atoms with Crippen LogP contribution >= 0.6 is 0 Å². The number of esters is 2. The second kappa shape index (κ2) is 5.72. The van der Waals surface area contributed by atoms with Crippen LogP contribution < -0.4 is 0 Å². The first kappa shape index (κ1) is 13.4. The number of rotatable bonds is 5. The maximum atomic E-state index is 11.6. The van der Waals surface area contributed by atoms with Crippen LogP contribution in [-0.2, 0) is 19.1 Å². The minimum absolute atomic E-state index is 0.0681. The normalized spacial score (nSPS) is 31.1. The lowest BCUT2D eigenvalue weighted by molar-refractivity contribution is -0.165. The Kier molecular flexibility index (Phi) is 4.25. The lowest BCUT2D eigenvalue weighted by Gasteiger charge is -2.21. The standard InChI is InChI=1S/C14H22O4/c1-3-9(2)14(16)17-8-13(15)18-12-7-10-4-5-11(12)6-10/h9-12H,3-8H2,1-2H3. The largest absolute Gasteiger partial charge is 0.460 e. The van der Waals surface area contributed by atoms with E-state index in [9.17, 15) is 9.59 Å². The molecule has 0 amide bonds. The molecule has 0 spiro atoms. The molecular weight excluding hydrogens is 232 g/mol. The smallest absolute Gasteiger partial charge is 0.344 e. The number of ether oxygens (including phenoxy) is 2. The maximum Gasteiger partial charge on any atom is 0.344 e. The molecule has 102 valence electrons. The van der Waals surface area contributed by atoms with E-state index in [2.05, 4.69) is 0 Å². The Morgan fingerprint density at radius 2 is 2.06 bits per heavy atom. The summed E-state index contributed by atoms with van der Waals surface area (Å²) in [5, 5.41) is 0. The highest BCUT2D eigenvalue weighted by atomic mass is 16.6. The van der Waals surface area contributed by atoms with Crippen LogP contribution in [0.25, 0.3) is 0 Å². The minimum Gasteiger partial charge on any atom is -0.460 e. The van der Waals surface area contributed by atoms with Crippen molar-refractivity contribution in [3.63, 3.8) is 0 Å². The summed E-state index contributed by atoms with van der Waals surface area (Å²) in [6, 6.07) is 0. The van der Waals surface area contributed by atoms with E-state index in [0.717, 1.165) is 18.8 Å². The molecule has 4 heteroatoms. The van der Waals surface area contributed by atoms with Crippen molar-refractivity contribution < 1.29 is 19.1 Å². The van der Waals surface area contributed by atoms with Crippen LogP contribution in [-0.4, -0.2) is 24.6 Å². The average molecular weight is 254 g/mol. The second-order valence-electron chi connectivity index (χ2n) is 5.62. The van der Waals surface area contributed by atoms with Gasteiger partial charge in [-0.25, -0.2) is 4.79 Å². The lowest BCUT2D eigenvalue weighted by Crippen LogP contribution is -2.27. The molecule has 0 aliphatic heterocycles. The van der Waals surface area contributed by atoms with Crippen molar-refractivity contribution in [2.75, 3.05) is 6.61 Å². The fraction of sp³-hybridized carbons (Fsp3) is 0.857. The number of hydrogen-bond donors (Lipinski definition) is 0. The highest BCUT2D eigenvalue weighted by Gasteiger charge is 2.41. The average Bonchev–Trinajstić information content (AvgIpc) is 2.97. The van der Waals surface area contributed by atoms with Gasteiger partial charge in [-0.15, -0.1) is 0 Å². The molecule has 2 rings (SSSR count). The van der Waals surface area contributed by atoms with Crippen molar-refractivity contribution >= 4 is 11.9 Å². The summed E-state index contributed by atoms with van der Waals surface area (Å²) in [4.78, 5) is 23.0. The predicted molar refractivity (Wildman–Crippen MR) is 65.7 cm³/mol. The van der Waals surface area contributed by atoms with Gasteiger partial charge in [0.25, 0.3) is 0 Å². The summed E-state index contributed by atoms with van der Waals surface area (Å²) in [5.74, 6) is 0.423. The molecule has 0 aromatic carbocycles. The van der Waals surface area contributed by atoms with Gasteiger partial charge in [-0.2, -0.15) is 0 Å². The lowest BCUT2D eigenvalue weighted by atomic mass is 9.98. The topological polar surface area (TPSA) is 52.6 Å². The molecule has 0 saturated heterocycles. The molecule has 0 radical (unpaired) electrons. The van der Waals surface area contributed by atoms with E-state index in [-0.39, 0.29) is 24.6 Å². The van der Waals surface area contributed by atoms with Gasteiger partial charge < -0.3 is 9.47 Å². The van der Waals surface area contributed by atoms with Gasteiger partial charge in [0.2, 0.25) is 0 Å². The summed E-state index contributed by atoms with van der Waals surface area (Å²) < 4.78 is 10.3. The van der Waals surface area contributed by atoms with Crippen molar-refractivity contribution in [1.82, 2.24) is 0 Å². The van der Waals surface area contributed by atoms with Crippen molar-refractivity contribution in [3.05, 3.63) is 0 Å². The van der Waals surface area contributed by atoms with E-state index in [0.29, 0.717) is 5.92 Å². The molecule has 2 saturated carbocycles. The van der Waals surface area contributed by atoms with Crippen molar-refractivity contribution in [2.24, 2.45) is 17.8 Å². The first-order valence-corrected chi connectivity index (χ1v) is 6.96. The van der Waals surface area contributed by atoms with Gasteiger partial charge in [0.05, 0.1) is 5.92 Å². The van der Waals surface area contributed by atoms with Gasteiger partial charge in [0.15, 0.2) is 6.61 Å². The van der Waals surface area contributed by atoms with E-state index in [1.54, 1.807) is 6.92 Å². The van der Waals surface area contributed by atoms with Crippen molar-refractivity contribution in [1.29, 1.82) is 0 Å². The molecule has 18 heavy (non-hydrogen) atoms. The fourth-order valence-corrected chi connectivity index (χ4v) is 2.97. The Bertz CT molecular complexity index is 326. The summed E-state index contributed by atoms with van der Waals surface area (Å²) in [6.45, 7) is 3.47. The van der Waals surface area contributed by atoms with Crippen LogP contribution in [0, 0.1) is 17.8 Å². The van der Waals surface area contributed by atoms with Crippen LogP contribution in [0.2, 0.25) is 0 Å². The van der Waals surface area contributed by atoms with E-state index in [1.807, 2.05) is 6.92 Å². The predicted octanol–water partition coefficient (Wildman–Crippen LogP) is 2.31. The highest BCUT2D eigenvalue weighted by Crippen LogP contribution is 2.45. The molecule has 4 nitrogen and oxygen atoms in total. The zero-order valence-electron chi connectivity index (χ0n) is 11.2. The Labute approximate surface area is 108 Å². The fourth-order valence-electron chi connectivity index (χ4n) is 2.97. The Morgan fingerprint density at radius 1 is 1.28 bits per heavy atom. The van der Waals surface area contributed by atoms with Crippen molar-refractivity contribution in [2.45, 2.75) is 52.1 Å². The molecule has 2 bridgehead atoms. The van der Waals surface area contributed by atoms with Gasteiger partial charge in [-0.3, -0.25) is 4.79 Å². The Hall–Kier alpha value is -1.06. The molecule has 0 heterocycles. The van der Waals surface area contributed by atoms with Crippen LogP contribution in [0.5, 0.6) is 0 Å². The number of carbonyl (C=O) groups is 2. The monoisotopic (exact) mass is 254 g/mol. The molecule has 0 N–H and O–H groups in total. The zero-order valence-corrected chi connectivity index (χ0v) is 11.2. The van der Waals surface area contributed by atoms with Crippen LogP contribution in [0.3, 0.4) is 0 Å². The van der Waals surface area contributed by atoms with Crippen LogP contribution in [0.15, 0.2) is 0 Å². The summed E-state index contributed by atoms with van der Waals surface area (Å²) >= 11 is 0. The van der Waals surface area contributed by atoms with E-state index in [1.165, 1.54) is 19.3 Å². The maximum absolute atomic E-state index is 11.6. The van der Waals surface area contributed by atoms with Gasteiger partial charge >= 0.3 is 11.9 Å². The second-order valence-corrected chi connectivity index (χ2v) is 5.62. The van der Waals surface area contributed by atoms with Gasteiger partial charge in [-0.1, -0.05) is 13.8 Å². The summed E-state index contributed by atoms with van der Waals surface area (Å²) in [7, 11) is 0. The quantitative estimate of drug-likeness (QED) is 0.706. The van der Waals surface area contributed by atoms with Crippen LogP contribution in [0.1, 0.15) is 46.0 Å². The third-order valence-electron chi connectivity index (χ3n) is 4.30. The highest BCUT2D eigenvalue weighted by molar-refractivity contribution is 5.77. The summed E-state index contributed by atoms with van der Waals surface area (Å²) in [5.41, 5.74) is 0. The molecule has 4 atom stereocenters. The SMILES string of the molecule is CCC(C)C(=O)OCC(=O)OC1CC2CCC1C2. The third kappa shape index (κ3) is 3.03. The van der Waals surface area contributed by atoms with Gasteiger partial charge in [0, 0.05) is 0 Å². The Balaban J connectivity index is 1.68. The molecule has 4 unspecified atom stereocenters. The van der Waals surface area contributed by atoms with E-state index in [4.69, 9.17) is 9.47 Å². The first-order valence-electron chi connectivity index (χ1n) is 6.96. The number of fused-ring (bicyclic) bond motifs is 2. The molecule has 0 aromatic heterocycles. The number of hydrogen-bond acceptors (Lipinski definition) is 4. The third-order valence-corrected chi connectivity index (χ3v) is 4.30. The molecule has 2 aliphatic carbocycles. The van der Waals surface area contributed by atoms with E-state index >= 15 is 0 Å². The first-order chi connectivity index (χ1) is 8.60. The Morgan fingerprint density at radius 3 is 2.61 bits per heavy atom. The van der Waals surface area contributed by atoms with Gasteiger partial charge in [-0.05, 0) is 43.9 Å². The minimum atomic E-state index is -0.399.